The van der Waals surface area contributed by atoms with Crippen molar-refractivity contribution in [1.29, 1.82) is 0 Å². The van der Waals surface area contributed by atoms with E-state index in [1.807, 2.05) is 26.0 Å². The molecule has 1 aromatic carbocycles. The summed E-state index contributed by atoms with van der Waals surface area (Å²) in [6.07, 6.45) is 11.8. The van der Waals surface area contributed by atoms with E-state index >= 15 is 0 Å². The van der Waals surface area contributed by atoms with Gasteiger partial charge in [0.15, 0.2) is 0 Å². The van der Waals surface area contributed by atoms with Crippen LogP contribution in [0.25, 0.3) is 17.7 Å². The number of fused-ring (bicyclic) bond motifs is 1. The number of aryl methyl sites for hydroxylation is 1. The molecule has 0 saturated carbocycles. The number of H-pyrrole nitrogens is 1. The van der Waals surface area contributed by atoms with Crippen LogP contribution in [0.4, 0.5) is 10.1 Å². The number of aromatic amines is 1. The summed E-state index contributed by atoms with van der Waals surface area (Å²) in [6.45, 7) is 4.77. The number of hydrogen-bond donors (Lipinski definition) is 4. The first-order chi connectivity index (χ1) is 18.8. The molecule has 0 unspecified atom stereocenters. The molecule has 4 rings (SSSR count). The molecular weight excluding hydrogens is 497 g/mol. The first-order valence-corrected chi connectivity index (χ1v) is 13.0. The Morgan fingerprint density at radius 3 is 2.56 bits per heavy atom. The maximum Gasteiger partial charge on any atom is 0.256 e. The van der Waals surface area contributed by atoms with Crippen LogP contribution in [0.3, 0.4) is 0 Å². The number of pyridine rings is 1. The van der Waals surface area contributed by atoms with Crippen LogP contribution < -0.4 is 16.0 Å². The number of benzene rings is 1. The predicted octanol–water partition coefficient (Wildman–Crippen LogP) is 4.78. The Balaban J connectivity index is 1.20. The van der Waals surface area contributed by atoms with Gasteiger partial charge in [-0.15, -0.1) is 0 Å². The van der Waals surface area contributed by atoms with E-state index in [0.29, 0.717) is 46.9 Å². The van der Waals surface area contributed by atoms with E-state index in [-0.39, 0.29) is 17.7 Å². The number of carbonyl (C=O) groups excluding carboxylic acids is 3. The molecule has 9 heteroatoms. The summed E-state index contributed by atoms with van der Waals surface area (Å²) in [6, 6.07) is 7.86. The summed E-state index contributed by atoms with van der Waals surface area (Å²) < 4.78 is 13.8. The SMILES string of the molecule is Cc1[nH]c(C=C2C(=O)Nc3ccc(F)cc32)c(C)c1C(=O)NCCCCCCNC(=O)/C=C/c1cccnc1. The predicted molar refractivity (Wildman–Crippen MR) is 150 cm³/mol. The van der Waals surface area contributed by atoms with Crippen LogP contribution >= 0.6 is 0 Å². The molecule has 0 aliphatic carbocycles. The van der Waals surface area contributed by atoms with E-state index < -0.39 is 5.82 Å². The van der Waals surface area contributed by atoms with Gasteiger partial charge in [-0.1, -0.05) is 18.9 Å². The second-order valence-electron chi connectivity index (χ2n) is 9.45. The van der Waals surface area contributed by atoms with Crippen molar-refractivity contribution in [3.63, 3.8) is 0 Å². The Morgan fingerprint density at radius 2 is 1.82 bits per heavy atom. The van der Waals surface area contributed by atoms with Crippen LogP contribution in [0.5, 0.6) is 0 Å². The largest absolute Gasteiger partial charge is 0.358 e. The third-order valence-corrected chi connectivity index (χ3v) is 6.56. The fraction of sp³-hybridized carbons (Fsp3) is 0.267. The van der Waals surface area contributed by atoms with Gasteiger partial charge in [0, 0.05) is 54.2 Å². The fourth-order valence-electron chi connectivity index (χ4n) is 4.52. The van der Waals surface area contributed by atoms with E-state index in [9.17, 15) is 18.8 Å². The third kappa shape index (κ3) is 7.07. The number of nitrogens with one attached hydrogen (secondary N) is 4. The summed E-state index contributed by atoms with van der Waals surface area (Å²) in [4.78, 5) is 44.4. The van der Waals surface area contributed by atoms with Crippen LogP contribution in [-0.4, -0.2) is 40.8 Å². The maximum atomic E-state index is 13.8. The van der Waals surface area contributed by atoms with Crippen molar-refractivity contribution in [2.45, 2.75) is 39.5 Å². The lowest BCUT2D eigenvalue weighted by Gasteiger charge is -2.07. The van der Waals surface area contributed by atoms with Crippen LogP contribution in [0.2, 0.25) is 0 Å². The number of halogens is 1. The number of unbranched alkanes of at least 4 members (excludes halogenated alkanes) is 3. The van der Waals surface area contributed by atoms with Crippen molar-refractivity contribution in [2.24, 2.45) is 0 Å². The molecule has 3 amide bonds. The Bertz CT molecular complexity index is 1430. The Morgan fingerprint density at radius 1 is 1.05 bits per heavy atom. The van der Waals surface area contributed by atoms with Crippen LogP contribution in [0.15, 0.2) is 48.8 Å². The van der Waals surface area contributed by atoms with E-state index in [1.54, 1.807) is 24.5 Å². The average molecular weight is 530 g/mol. The minimum absolute atomic E-state index is 0.136. The highest BCUT2D eigenvalue weighted by Gasteiger charge is 2.26. The molecular formula is C30H32FN5O3. The lowest BCUT2D eigenvalue weighted by molar-refractivity contribution is -0.116. The highest BCUT2D eigenvalue weighted by molar-refractivity contribution is 6.34. The van der Waals surface area contributed by atoms with Gasteiger partial charge >= 0.3 is 0 Å². The zero-order valence-corrected chi connectivity index (χ0v) is 22.1. The average Bonchev–Trinajstić information content (AvgIpc) is 3.38. The number of amides is 3. The quantitative estimate of drug-likeness (QED) is 0.211. The monoisotopic (exact) mass is 529 g/mol. The second-order valence-corrected chi connectivity index (χ2v) is 9.45. The summed E-state index contributed by atoms with van der Waals surface area (Å²) >= 11 is 0. The first-order valence-electron chi connectivity index (χ1n) is 13.0. The molecule has 0 atom stereocenters. The number of rotatable bonds is 11. The van der Waals surface area contributed by atoms with Crippen LogP contribution in [-0.2, 0) is 9.59 Å². The van der Waals surface area contributed by atoms with Gasteiger partial charge in [-0.25, -0.2) is 4.39 Å². The third-order valence-electron chi connectivity index (χ3n) is 6.56. The number of nitrogens with zero attached hydrogens (tertiary/aromatic N) is 1. The molecule has 0 saturated heterocycles. The van der Waals surface area contributed by atoms with E-state index in [1.165, 1.54) is 24.3 Å². The number of anilines is 1. The summed E-state index contributed by atoms with van der Waals surface area (Å²) in [7, 11) is 0. The summed E-state index contributed by atoms with van der Waals surface area (Å²) in [5, 5.41) is 8.57. The van der Waals surface area contributed by atoms with Crippen molar-refractivity contribution in [3.8, 4) is 0 Å². The summed E-state index contributed by atoms with van der Waals surface area (Å²) in [5.74, 6) is -1.05. The Labute approximate surface area is 226 Å². The van der Waals surface area contributed by atoms with Crippen molar-refractivity contribution in [2.75, 3.05) is 18.4 Å². The topological polar surface area (TPSA) is 116 Å². The van der Waals surface area contributed by atoms with Gasteiger partial charge in [-0.3, -0.25) is 19.4 Å². The standard InChI is InChI=1S/C30H32FN5O3/c1-19-26(17-24-23-16-22(31)10-11-25(23)36-29(24)38)35-20(2)28(19)30(39)34-15-6-4-3-5-14-33-27(37)12-9-21-8-7-13-32-18-21/h7-13,16-18,35H,3-6,14-15H2,1-2H3,(H,33,37)(H,34,39)(H,36,38)/b12-9+,24-17?. The highest BCUT2D eigenvalue weighted by atomic mass is 19.1. The molecule has 1 aliphatic heterocycles. The van der Waals surface area contributed by atoms with E-state index in [0.717, 1.165) is 36.8 Å². The zero-order valence-electron chi connectivity index (χ0n) is 22.1. The molecule has 4 N–H and O–H groups in total. The van der Waals surface area contributed by atoms with Gasteiger partial charge in [-0.05, 0) is 74.2 Å². The van der Waals surface area contributed by atoms with Gasteiger partial charge in [0.05, 0.1) is 11.1 Å². The molecule has 0 bridgehead atoms. The normalized spacial score (nSPS) is 13.5. The number of carbonyl (C=O) groups is 3. The molecule has 1 aliphatic rings. The van der Waals surface area contributed by atoms with Gasteiger partial charge in [0.2, 0.25) is 5.91 Å². The Kier molecular flexibility index (Phi) is 9.04. The molecule has 0 spiro atoms. The van der Waals surface area contributed by atoms with Crippen molar-refractivity contribution in [1.82, 2.24) is 20.6 Å². The van der Waals surface area contributed by atoms with E-state index in [2.05, 4.69) is 25.9 Å². The smallest absolute Gasteiger partial charge is 0.256 e. The molecule has 8 nitrogen and oxygen atoms in total. The van der Waals surface area contributed by atoms with Gasteiger partial charge in [0.1, 0.15) is 5.82 Å². The zero-order chi connectivity index (χ0) is 27.8. The molecule has 0 fully saturated rings. The molecule has 2 aromatic heterocycles. The first kappa shape index (κ1) is 27.5. The van der Waals surface area contributed by atoms with E-state index in [4.69, 9.17) is 0 Å². The van der Waals surface area contributed by atoms with Crippen molar-refractivity contribution < 1.29 is 18.8 Å². The molecule has 3 aromatic rings. The summed E-state index contributed by atoms with van der Waals surface area (Å²) in [5.41, 5.74) is 4.88. The van der Waals surface area contributed by atoms with Crippen molar-refractivity contribution in [3.05, 3.63) is 88.3 Å². The van der Waals surface area contributed by atoms with Crippen molar-refractivity contribution >= 4 is 41.1 Å². The molecule has 39 heavy (non-hydrogen) atoms. The van der Waals surface area contributed by atoms with Gasteiger partial charge in [0.25, 0.3) is 11.8 Å². The Hall–Kier alpha value is -4.53. The minimum atomic E-state index is -0.422. The fourth-order valence-corrected chi connectivity index (χ4v) is 4.52. The minimum Gasteiger partial charge on any atom is -0.358 e. The number of aromatic nitrogens is 2. The molecule has 3 heterocycles. The van der Waals surface area contributed by atoms with Gasteiger partial charge in [-0.2, -0.15) is 0 Å². The molecule has 202 valence electrons. The van der Waals surface area contributed by atoms with Gasteiger partial charge < -0.3 is 20.9 Å². The molecule has 0 radical (unpaired) electrons. The number of hydrogen-bond acceptors (Lipinski definition) is 4. The lowest BCUT2D eigenvalue weighted by atomic mass is 10.0. The maximum absolute atomic E-state index is 13.8. The highest BCUT2D eigenvalue weighted by Crippen LogP contribution is 2.34. The lowest BCUT2D eigenvalue weighted by Crippen LogP contribution is -2.25. The van der Waals surface area contributed by atoms with Crippen LogP contribution in [0.1, 0.15) is 64.1 Å². The second kappa shape index (κ2) is 12.8. The van der Waals surface area contributed by atoms with Crippen LogP contribution in [0, 0.1) is 19.7 Å².